The number of nitrogens with two attached hydrogens (primary N) is 1. The maximum atomic E-state index is 12.0. The molecule has 19 heavy (non-hydrogen) atoms. The first-order valence-corrected chi connectivity index (χ1v) is 7.75. The summed E-state index contributed by atoms with van der Waals surface area (Å²) in [7, 11) is 0. The van der Waals surface area contributed by atoms with Gasteiger partial charge in [-0.2, -0.15) is 0 Å². The summed E-state index contributed by atoms with van der Waals surface area (Å²) in [4.78, 5) is 15.4. The minimum Gasteiger partial charge on any atom is -0.348 e. The topological polar surface area (TPSA) is 58.4 Å². The normalized spacial score (nSPS) is 26.1. The summed E-state index contributed by atoms with van der Waals surface area (Å²) >= 11 is 1.67. The van der Waals surface area contributed by atoms with Crippen LogP contribution in [0.5, 0.6) is 0 Å². The van der Waals surface area contributed by atoms with Crippen LogP contribution in [0.25, 0.3) is 0 Å². The third-order valence-electron chi connectivity index (χ3n) is 3.77. The van der Waals surface area contributed by atoms with Gasteiger partial charge in [-0.1, -0.05) is 13.0 Å². The number of piperidine rings is 1. The summed E-state index contributed by atoms with van der Waals surface area (Å²) in [5, 5.41) is 5.09. The molecule has 0 saturated carbocycles. The zero-order chi connectivity index (χ0) is 13.8. The molecule has 106 valence electrons. The lowest BCUT2D eigenvalue weighted by atomic mass is 9.95. The highest BCUT2D eigenvalue weighted by Gasteiger charge is 2.24. The average Bonchev–Trinajstić information content (AvgIpc) is 2.87. The Labute approximate surface area is 119 Å². The number of hydrogen-bond acceptors (Lipinski definition) is 4. The minimum absolute atomic E-state index is 0.0944. The third-order valence-corrected chi connectivity index (χ3v) is 4.83. The molecule has 0 aromatic carbocycles. The largest absolute Gasteiger partial charge is 0.348 e. The molecular formula is C14H23N3OS. The molecule has 3 unspecified atom stereocenters. The van der Waals surface area contributed by atoms with Gasteiger partial charge in [-0.15, -0.1) is 11.3 Å². The van der Waals surface area contributed by atoms with Gasteiger partial charge in [0.15, 0.2) is 0 Å². The fraction of sp³-hybridized carbons (Fsp3) is 0.643. The van der Waals surface area contributed by atoms with Crippen LogP contribution in [0.4, 0.5) is 0 Å². The van der Waals surface area contributed by atoms with Crippen molar-refractivity contribution in [1.82, 2.24) is 10.2 Å². The van der Waals surface area contributed by atoms with E-state index in [-0.39, 0.29) is 18.0 Å². The van der Waals surface area contributed by atoms with Crippen LogP contribution in [0.3, 0.4) is 0 Å². The van der Waals surface area contributed by atoms with E-state index in [0.717, 1.165) is 19.5 Å². The molecule has 1 aliphatic rings. The highest BCUT2D eigenvalue weighted by atomic mass is 32.1. The Morgan fingerprint density at radius 2 is 2.47 bits per heavy atom. The van der Waals surface area contributed by atoms with Gasteiger partial charge in [-0.25, -0.2) is 0 Å². The molecule has 2 heterocycles. The highest BCUT2D eigenvalue weighted by Crippen LogP contribution is 2.18. The zero-order valence-corrected chi connectivity index (χ0v) is 12.5. The number of amides is 1. The van der Waals surface area contributed by atoms with Gasteiger partial charge in [0, 0.05) is 24.0 Å². The molecular weight excluding hydrogens is 258 g/mol. The third kappa shape index (κ3) is 4.03. The van der Waals surface area contributed by atoms with E-state index in [1.54, 1.807) is 11.3 Å². The molecule has 0 bridgehead atoms. The van der Waals surface area contributed by atoms with Crippen molar-refractivity contribution in [3.63, 3.8) is 0 Å². The van der Waals surface area contributed by atoms with Crippen LogP contribution in [0.15, 0.2) is 17.5 Å². The number of nitrogens with one attached hydrogen (secondary N) is 1. The van der Waals surface area contributed by atoms with Crippen molar-refractivity contribution < 1.29 is 4.79 Å². The number of nitrogens with zero attached hydrogens (tertiary/aromatic N) is 1. The first kappa shape index (κ1) is 14.5. The van der Waals surface area contributed by atoms with Gasteiger partial charge in [0.1, 0.15) is 0 Å². The Kier molecular flexibility index (Phi) is 4.96. The predicted molar refractivity (Wildman–Crippen MR) is 79.1 cm³/mol. The van der Waals surface area contributed by atoms with Crippen molar-refractivity contribution in [2.45, 2.75) is 32.4 Å². The van der Waals surface area contributed by atoms with Gasteiger partial charge in [0.25, 0.3) is 0 Å². The van der Waals surface area contributed by atoms with Crippen molar-refractivity contribution in [1.29, 1.82) is 0 Å². The Morgan fingerprint density at radius 3 is 3.11 bits per heavy atom. The van der Waals surface area contributed by atoms with E-state index in [0.29, 0.717) is 12.5 Å². The van der Waals surface area contributed by atoms with Crippen LogP contribution < -0.4 is 11.1 Å². The molecule has 1 amide bonds. The van der Waals surface area contributed by atoms with Gasteiger partial charge in [0.2, 0.25) is 5.91 Å². The summed E-state index contributed by atoms with van der Waals surface area (Å²) in [6.07, 6.45) is 0.981. The molecule has 1 fully saturated rings. The molecule has 1 aromatic heterocycles. The van der Waals surface area contributed by atoms with Crippen molar-refractivity contribution in [3.8, 4) is 0 Å². The molecule has 1 saturated heterocycles. The van der Waals surface area contributed by atoms with Crippen LogP contribution >= 0.6 is 11.3 Å². The molecule has 0 aliphatic carbocycles. The maximum absolute atomic E-state index is 12.0. The number of likely N-dealkylation sites (tertiary alicyclic amines) is 1. The van der Waals surface area contributed by atoms with E-state index in [1.165, 1.54) is 4.88 Å². The van der Waals surface area contributed by atoms with Crippen molar-refractivity contribution in [3.05, 3.63) is 22.4 Å². The molecule has 1 aliphatic heterocycles. The fourth-order valence-electron chi connectivity index (χ4n) is 2.49. The highest BCUT2D eigenvalue weighted by molar-refractivity contribution is 7.10. The van der Waals surface area contributed by atoms with Gasteiger partial charge in [-0.05, 0) is 30.7 Å². The quantitative estimate of drug-likeness (QED) is 0.881. The van der Waals surface area contributed by atoms with E-state index in [1.807, 2.05) is 18.4 Å². The van der Waals surface area contributed by atoms with Crippen LogP contribution in [0.1, 0.15) is 31.2 Å². The summed E-state index contributed by atoms with van der Waals surface area (Å²) in [6.45, 7) is 6.50. The summed E-state index contributed by atoms with van der Waals surface area (Å²) < 4.78 is 0. The second kappa shape index (κ2) is 6.50. The molecule has 5 heteroatoms. The second-order valence-corrected chi connectivity index (χ2v) is 6.45. The standard InChI is InChI=1S/C14H23N3OS/c1-10-8-17(6-5-12(10)15)9-14(18)16-11(2)13-4-3-7-19-13/h3-4,7,10-12H,5-6,8-9,15H2,1-2H3,(H,16,18). The van der Waals surface area contributed by atoms with Crippen LogP contribution in [0.2, 0.25) is 0 Å². The summed E-state index contributed by atoms with van der Waals surface area (Å²) in [5.74, 6) is 0.569. The number of carbonyl (C=O) groups is 1. The van der Waals surface area contributed by atoms with Crippen LogP contribution in [-0.4, -0.2) is 36.5 Å². The summed E-state index contributed by atoms with van der Waals surface area (Å²) in [6, 6.07) is 4.44. The maximum Gasteiger partial charge on any atom is 0.234 e. The number of rotatable bonds is 4. The van der Waals surface area contributed by atoms with Crippen molar-refractivity contribution in [2.24, 2.45) is 11.7 Å². The average molecular weight is 281 g/mol. The molecule has 3 atom stereocenters. The lowest BCUT2D eigenvalue weighted by Crippen LogP contribution is -2.49. The molecule has 0 radical (unpaired) electrons. The SMILES string of the molecule is CC(NC(=O)CN1CCC(N)C(C)C1)c1cccs1. The van der Waals surface area contributed by atoms with Crippen LogP contribution in [0, 0.1) is 5.92 Å². The van der Waals surface area contributed by atoms with E-state index < -0.39 is 0 Å². The number of carbonyl (C=O) groups excluding carboxylic acids is 1. The number of thiophene rings is 1. The first-order chi connectivity index (χ1) is 9.06. The zero-order valence-electron chi connectivity index (χ0n) is 11.6. The Bertz CT molecular complexity index is 407. The molecule has 4 nitrogen and oxygen atoms in total. The van der Waals surface area contributed by atoms with Crippen molar-refractivity contribution in [2.75, 3.05) is 19.6 Å². The van der Waals surface area contributed by atoms with Crippen LogP contribution in [-0.2, 0) is 4.79 Å². The lowest BCUT2D eigenvalue weighted by Gasteiger charge is -2.34. The van der Waals surface area contributed by atoms with Gasteiger partial charge in [-0.3, -0.25) is 9.69 Å². The predicted octanol–water partition coefficient (Wildman–Crippen LogP) is 1.59. The second-order valence-electron chi connectivity index (χ2n) is 5.47. The smallest absolute Gasteiger partial charge is 0.234 e. The molecule has 2 rings (SSSR count). The van der Waals surface area contributed by atoms with E-state index in [2.05, 4.69) is 23.2 Å². The lowest BCUT2D eigenvalue weighted by molar-refractivity contribution is -0.123. The Balaban J connectivity index is 1.78. The van der Waals surface area contributed by atoms with E-state index >= 15 is 0 Å². The molecule has 0 spiro atoms. The molecule has 1 aromatic rings. The fourth-order valence-corrected chi connectivity index (χ4v) is 3.23. The van der Waals surface area contributed by atoms with E-state index in [4.69, 9.17) is 5.73 Å². The Hall–Kier alpha value is -0.910. The van der Waals surface area contributed by atoms with Gasteiger partial charge < -0.3 is 11.1 Å². The van der Waals surface area contributed by atoms with E-state index in [9.17, 15) is 4.79 Å². The monoisotopic (exact) mass is 281 g/mol. The number of hydrogen-bond donors (Lipinski definition) is 2. The summed E-state index contributed by atoms with van der Waals surface area (Å²) in [5.41, 5.74) is 5.99. The van der Waals surface area contributed by atoms with Gasteiger partial charge in [0.05, 0.1) is 12.6 Å². The Morgan fingerprint density at radius 1 is 1.68 bits per heavy atom. The van der Waals surface area contributed by atoms with Crippen molar-refractivity contribution >= 4 is 17.2 Å². The van der Waals surface area contributed by atoms with Gasteiger partial charge >= 0.3 is 0 Å². The minimum atomic E-state index is 0.0944. The molecule has 3 N–H and O–H groups in total. The first-order valence-electron chi connectivity index (χ1n) is 6.87.